The smallest absolute Gasteiger partial charge is 0.0628 e. The van der Waals surface area contributed by atoms with E-state index in [9.17, 15) is 0 Å². The fraction of sp³-hybridized carbons (Fsp3) is 0.923. The first-order chi connectivity index (χ1) is 7.74. The molecule has 3 heteroatoms. The molecular formula is C13H23N3. The summed E-state index contributed by atoms with van der Waals surface area (Å²) in [6.45, 7) is 4.69. The minimum Gasteiger partial charge on any atom is -0.316 e. The van der Waals surface area contributed by atoms with E-state index in [0.717, 1.165) is 18.9 Å². The molecular weight excluding hydrogens is 198 g/mol. The Bertz CT molecular complexity index is 259. The third-order valence-electron chi connectivity index (χ3n) is 3.99. The first-order valence-electron chi connectivity index (χ1n) is 6.50. The van der Waals surface area contributed by atoms with Crippen LogP contribution in [0.1, 0.15) is 32.1 Å². The van der Waals surface area contributed by atoms with Gasteiger partial charge in [-0.15, -0.1) is 0 Å². The lowest BCUT2D eigenvalue weighted by Gasteiger charge is -2.29. The summed E-state index contributed by atoms with van der Waals surface area (Å²) in [5.74, 6) is 0.816. The number of hydrogen-bond donors (Lipinski definition) is 1. The minimum absolute atomic E-state index is 0.367. The summed E-state index contributed by atoms with van der Waals surface area (Å²) in [6.07, 6.45) is 5.95. The summed E-state index contributed by atoms with van der Waals surface area (Å²) in [7, 11) is 2.21. The van der Waals surface area contributed by atoms with Crippen LogP contribution in [0.15, 0.2) is 0 Å². The molecule has 1 saturated carbocycles. The van der Waals surface area contributed by atoms with Gasteiger partial charge in [-0.1, -0.05) is 0 Å². The predicted octanol–water partition coefficient (Wildman–Crippen LogP) is 1.61. The average molecular weight is 221 g/mol. The van der Waals surface area contributed by atoms with Crippen molar-refractivity contribution in [1.29, 1.82) is 5.26 Å². The number of nitrogens with zero attached hydrogens (tertiary/aromatic N) is 2. The zero-order valence-electron chi connectivity index (χ0n) is 10.3. The molecule has 1 heterocycles. The quantitative estimate of drug-likeness (QED) is 0.766. The van der Waals surface area contributed by atoms with E-state index >= 15 is 0 Å². The van der Waals surface area contributed by atoms with Crippen molar-refractivity contribution >= 4 is 0 Å². The molecule has 0 spiro atoms. The molecule has 1 unspecified atom stereocenters. The third-order valence-corrected chi connectivity index (χ3v) is 3.99. The molecule has 0 aromatic rings. The van der Waals surface area contributed by atoms with Gasteiger partial charge in [-0.2, -0.15) is 5.26 Å². The van der Waals surface area contributed by atoms with Crippen molar-refractivity contribution in [2.24, 2.45) is 11.3 Å². The van der Waals surface area contributed by atoms with Crippen LogP contribution in [0.5, 0.6) is 0 Å². The summed E-state index contributed by atoms with van der Waals surface area (Å²) in [4.78, 5) is 2.45. The van der Waals surface area contributed by atoms with Crippen molar-refractivity contribution in [3.05, 3.63) is 0 Å². The van der Waals surface area contributed by atoms with Crippen LogP contribution in [0, 0.1) is 22.7 Å². The Balaban J connectivity index is 1.71. The summed E-state index contributed by atoms with van der Waals surface area (Å²) >= 11 is 0. The van der Waals surface area contributed by atoms with Crippen molar-refractivity contribution < 1.29 is 0 Å². The van der Waals surface area contributed by atoms with Gasteiger partial charge in [0.1, 0.15) is 0 Å². The van der Waals surface area contributed by atoms with Crippen molar-refractivity contribution in [3.8, 4) is 6.07 Å². The van der Waals surface area contributed by atoms with Crippen molar-refractivity contribution in [3.63, 3.8) is 0 Å². The van der Waals surface area contributed by atoms with Gasteiger partial charge in [0.15, 0.2) is 0 Å². The van der Waals surface area contributed by atoms with Gasteiger partial charge < -0.3 is 10.2 Å². The highest BCUT2D eigenvalue weighted by atomic mass is 15.1. The second kappa shape index (κ2) is 5.16. The van der Waals surface area contributed by atoms with E-state index in [1.165, 1.54) is 45.3 Å². The van der Waals surface area contributed by atoms with Gasteiger partial charge in [0.05, 0.1) is 6.07 Å². The maximum Gasteiger partial charge on any atom is 0.0628 e. The van der Waals surface area contributed by atoms with Crippen LogP contribution in [-0.4, -0.2) is 38.1 Å². The molecule has 1 aliphatic carbocycles. The lowest BCUT2D eigenvalue weighted by atomic mass is 9.97. The first kappa shape index (κ1) is 11.9. The largest absolute Gasteiger partial charge is 0.316 e. The number of nitrogens with one attached hydrogen (secondary N) is 1. The van der Waals surface area contributed by atoms with Gasteiger partial charge >= 0.3 is 0 Å². The lowest BCUT2D eigenvalue weighted by molar-refractivity contribution is 0.208. The number of hydrogen-bond acceptors (Lipinski definition) is 3. The summed E-state index contributed by atoms with van der Waals surface area (Å²) in [5.41, 5.74) is 0.367. The molecule has 90 valence electrons. The number of piperidine rings is 1. The molecule has 2 rings (SSSR count). The summed E-state index contributed by atoms with van der Waals surface area (Å²) in [6, 6.07) is 2.34. The maximum atomic E-state index is 8.80. The zero-order chi connectivity index (χ0) is 11.4. The molecule has 1 aliphatic heterocycles. The fourth-order valence-electron chi connectivity index (χ4n) is 2.89. The highest BCUT2D eigenvalue weighted by Gasteiger charge is 2.43. The Morgan fingerprint density at radius 2 is 2.31 bits per heavy atom. The molecule has 2 fully saturated rings. The van der Waals surface area contributed by atoms with E-state index in [-0.39, 0.29) is 0 Å². The molecule has 0 radical (unpaired) electrons. The first-order valence-corrected chi connectivity index (χ1v) is 6.50. The molecule has 1 atom stereocenters. The average Bonchev–Trinajstić information content (AvgIpc) is 2.99. The Morgan fingerprint density at radius 1 is 1.50 bits per heavy atom. The van der Waals surface area contributed by atoms with Crippen LogP contribution in [0.2, 0.25) is 0 Å². The Kier molecular flexibility index (Phi) is 3.83. The van der Waals surface area contributed by atoms with Crippen molar-refractivity contribution in [2.75, 3.05) is 33.2 Å². The van der Waals surface area contributed by atoms with Gasteiger partial charge in [-0.05, 0) is 57.2 Å². The van der Waals surface area contributed by atoms with E-state index in [1.807, 2.05) is 0 Å². The number of rotatable bonds is 5. The van der Waals surface area contributed by atoms with Gasteiger partial charge in [0, 0.05) is 19.5 Å². The lowest BCUT2D eigenvalue weighted by Crippen LogP contribution is -2.38. The summed E-state index contributed by atoms with van der Waals surface area (Å²) < 4.78 is 0. The molecule has 3 nitrogen and oxygen atoms in total. The second-order valence-corrected chi connectivity index (χ2v) is 5.74. The van der Waals surface area contributed by atoms with E-state index in [0.29, 0.717) is 5.41 Å². The molecule has 1 N–H and O–H groups in total. The van der Waals surface area contributed by atoms with Crippen molar-refractivity contribution in [2.45, 2.75) is 32.1 Å². The Morgan fingerprint density at radius 3 is 2.88 bits per heavy atom. The minimum atomic E-state index is 0.367. The normalized spacial score (nSPS) is 27.7. The summed E-state index contributed by atoms with van der Waals surface area (Å²) in [5, 5.41) is 12.3. The van der Waals surface area contributed by atoms with Crippen LogP contribution in [0.3, 0.4) is 0 Å². The van der Waals surface area contributed by atoms with E-state index in [2.05, 4.69) is 23.3 Å². The van der Waals surface area contributed by atoms with Crippen LogP contribution < -0.4 is 5.32 Å². The van der Waals surface area contributed by atoms with Crippen LogP contribution in [-0.2, 0) is 0 Å². The molecule has 0 amide bonds. The van der Waals surface area contributed by atoms with Crippen LogP contribution >= 0.6 is 0 Å². The van der Waals surface area contributed by atoms with E-state index < -0.39 is 0 Å². The molecule has 0 bridgehead atoms. The molecule has 0 aromatic heterocycles. The SMILES string of the molecule is CN(CC1CCCNC1)CC1(CC#N)CC1. The molecule has 0 aromatic carbocycles. The Hall–Kier alpha value is -0.590. The second-order valence-electron chi connectivity index (χ2n) is 5.74. The highest BCUT2D eigenvalue weighted by molar-refractivity contribution is 5.01. The van der Waals surface area contributed by atoms with Gasteiger partial charge in [-0.3, -0.25) is 0 Å². The third kappa shape index (κ3) is 3.20. The van der Waals surface area contributed by atoms with Gasteiger partial charge in [-0.25, -0.2) is 0 Å². The van der Waals surface area contributed by atoms with Crippen LogP contribution in [0.25, 0.3) is 0 Å². The molecule has 1 saturated heterocycles. The highest BCUT2D eigenvalue weighted by Crippen LogP contribution is 2.48. The predicted molar refractivity (Wildman–Crippen MR) is 65.0 cm³/mol. The fourth-order valence-corrected chi connectivity index (χ4v) is 2.89. The van der Waals surface area contributed by atoms with Crippen LogP contribution in [0.4, 0.5) is 0 Å². The standard InChI is InChI=1S/C13H23N3/c1-16(10-12-3-2-8-15-9-12)11-13(4-5-13)6-7-14/h12,15H,2-6,8-11H2,1H3. The van der Waals surface area contributed by atoms with Gasteiger partial charge in [0.2, 0.25) is 0 Å². The van der Waals surface area contributed by atoms with Crippen molar-refractivity contribution in [1.82, 2.24) is 10.2 Å². The number of nitriles is 1. The topological polar surface area (TPSA) is 39.1 Å². The monoisotopic (exact) mass is 221 g/mol. The van der Waals surface area contributed by atoms with E-state index in [1.54, 1.807) is 0 Å². The molecule has 16 heavy (non-hydrogen) atoms. The zero-order valence-corrected chi connectivity index (χ0v) is 10.3. The molecule has 2 aliphatic rings. The Labute approximate surface area is 98.8 Å². The van der Waals surface area contributed by atoms with Gasteiger partial charge in [0.25, 0.3) is 0 Å². The maximum absolute atomic E-state index is 8.80. The van der Waals surface area contributed by atoms with E-state index in [4.69, 9.17) is 5.26 Å².